The van der Waals surface area contributed by atoms with E-state index in [4.69, 9.17) is 4.74 Å². The van der Waals surface area contributed by atoms with Crippen LogP contribution in [0.3, 0.4) is 0 Å². The molecular formula is C18H21NO2. The highest BCUT2D eigenvalue weighted by molar-refractivity contribution is 5.92. The Bertz CT molecular complexity index is 582. The molecule has 1 amide bonds. The molecule has 0 spiro atoms. The van der Waals surface area contributed by atoms with Crippen LogP contribution >= 0.6 is 0 Å². The molecule has 1 aromatic carbocycles. The molecule has 3 aliphatic rings. The molecule has 0 bridgehead atoms. The summed E-state index contributed by atoms with van der Waals surface area (Å²) < 4.78 is 5.44. The number of anilines is 1. The van der Waals surface area contributed by atoms with Crippen LogP contribution in [0.1, 0.15) is 37.2 Å². The molecule has 2 saturated carbocycles. The summed E-state index contributed by atoms with van der Waals surface area (Å²) in [5.41, 5.74) is 2.43. The quantitative estimate of drug-likeness (QED) is 0.617. The van der Waals surface area contributed by atoms with Gasteiger partial charge < -0.3 is 4.74 Å². The molecule has 1 aromatic rings. The third-order valence-corrected chi connectivity index (χ3v) is 5.49. The first-order chi connectivity index (χ1) is 10.3. The Balaban J connectivity index is 1.63. The zero-order valence-corrected chi connectivity index (χ0v) is 12.2. The number of rotatable bonds is 3. The Morgan fingerprint density at radius 3 is 3.00 bits per heavy atom. The summed E-state index contributed by atoms with van der Waals surface area (Å²) >= 11 is 0. The van der Waals surface area contributed by atoms with Crippen molar-refractivity contribution in [1.82, 2.24) is 0 Å². The van der Waals surface area contributed by atoms with Crippen LogP contribution in [0, 0.1) is 11.8 Å². The van der Waals surface area contributed by atoms with Crippen molar-refractivity contribution in [2.45, 2.75) is 37.6 Å². The fraction of sp³-hybridized carbons (Fsp3) is 0.500. The molecule has 0 unspecified atom stereocenters. The first-order valence-electron chi connectivity index (χ1n) is 7.98. The van der Waals surface area contributed by atoms with Gasteiger partial charge in [0.15, 0.2) is 0 Å². The van der Waals surface area contributed by atoms with Gasteiger partial charge in [-0.2, -0.15) is 0 Å². The van der Waals surface area contributed by atoms with E-state index in [1.54, 1.807) is 6.08 Å². The van der Waals surface area contributed by atoms with Gasteiger partial charge in [0.2, 0.25) is 0 Å². The van der Waals surface area contributed by atoms with E-state index >= 15 is 0 Å². The topological polar surface area (TPSA) is 29.5 Å². The minimum Gasteiger partial charge on any atom is -0.449 e. The lowest BCUT2D eigenvalue weighted by Crippen LogP contribution is -2.54. The van der Waals surface area contributed by atoms with E-state index in [0.717, 1.165) is 11.6 Å². The van der Waals surface area contributed by atoms with Crippen molar-refractivity contribution in [3.63, 3.8) is 0 Å². The van der Waals surface area contributed by atoms with Gasteiger partial charge in [0.05, 0.1) is 18.3 Å². The van der Waals surface area contributed by atoms with Crippen LogP contribution in [0.15, 0.2) is 36.9 Å². The predicted octanol–water partition coefficient (Wildman–Crippen LogP) is 4.10. The number of benzene rings is 1. The third kappa shape index (κ3) is 1.76. The Kier molecular flexibility index (Phi) is 3.02. The standard InChI is InChI=1S/C18H21NO2/c1-2-3-11-21-18(20)19-15-10-5-4-7-14(15)16-12-8-6-9-13(12)17(16)19/h2,4-5,7,10,12-13,16-17H,1,3,6,8-9,11H2/t12-,13+,16-,17-/m0/s1. The number of carbonyl (C=O) groups is 1. The summed E-state index contributed by atoms with van der Waals surface area (Å²) in [6.45, 7) is 4.09. The maximum atomic E-state index is 12.5. The Morgan fingerprint density at radius 1 is 1.33 bits per heavy atom. The van der Waals surface area contributed by atoms with Crippen LogP contribution < -0.4 is 4.90 Å². The Hall–Kier alpha value is -1.77. The van der Waals surface area contributed by atoms with E-state index < -0.39 is 0 Å². The Morgan fingerprint density at radius 2 is 2.14 bits per heavy atom. The molecular weight excluding hydrogens is 262 g/mol. The van der Waals surface area contributed by atoms with Gasteiger partial charge in [-0.25, -0.2) is 4.79 Å². The van der Waals surface area contributed by atoms with Crippen molar-refractivity contribution in [2.75, 3.05) is 11.5 Å². The maximum absolute atomic E-state index is 12.5. The smallest absolute Gasteiger partial charge is 0.414 e. The number of hydrogen-bond acceptors (Lipinski definition) is 2. The van der Waals surface area contributed by atoms with E-state index in [1.165, 1.54) is 24.8 Å². The third-order valence-electron chi connectivity index (χ3n) is 5.49. The average Bonchev–Trinajstić information content (AvgIpc) is 3.01. The second-order valence-electron chi connectivity index (χ2n) is 6.40. The van der Waals surface area contributed by atoms with Crippen molar-refractivity contribution in [1.29, 1.82) is 0 Å². The highest BCUT2D eigenvalue weighted by atomic mass is 16.6. The molecule has 0 radical (unpaired) electrons. The van der Waals surface area contributed by atoms with Crippen LogP contribution in [0.2, 0.25) is 0 Å². The van der Waals surface area contributed by atoms with E-state index in [0.29, 0.717) is 30.9 Å². The van der Waals surface area contributed by atoms with Crippen LogP contribution in [-0.2, 0) is 4.74 Å². The van der Waals surface area contributed by atoms with Gasteiger partial charge in [-0.1, -0.05) is 30.7 Å². The molecule has 1 heterocycles. The van der Waals surface area contributed by atoms with Crippen molar-refractivity contribution in [2.24, 2.45) is 11.8 Å². The molecule has 0 N–H and O–H groups in total. The second-order valence-corrected chi connectivity index (χ2v) is 6.40. The number of ether oxygens (including phenoxy) is 1. The van der Waals surface area contributed by atoms with E-state index in [1.807, 2.05) is 11.0 Å². The fourth-order valence-electron chi connectivity index (χ4n) is 4.70. The van der Waals surface area contributed by atoms with Gasteiger partial charge >= 0.3 is 6.09 Å². The van der Waals surface area contributed by atoms with Crippen molar-refractivity contribution in [3.05, 3.63) is 42.5 Å². The van der Waals surface area contributed by atoms with Crippen molar-refractivity contribution < 1.29 is 9.53 Å². The molecule has 2 aliphatic carbocycles. The lowest BCUT2D eigenvalue weighted by Gasteiger charge is -2.47. The molecule has 4 rings (SSSR count). The van der Waals surface area contributed by atoms with Gasteiger partial charge in [0, 0.05) is 5.92 Å². The first kappa shape index (κ1) is 12.9. The average molecular weight is 283 g/mol. The zero-order valence-electron chi connectivity index (χ0n) is 12.2. The fourth-order valence-corrected chi connectivity index (χ4v) is 4.70. The summed E-state index contributed by atoms with van der Waals surface area (Å²) in [5, 5.41) is 0. The molecule has 0 aromatic heterocycles. The first-order valence-corrected chi connectivity index (χ1v) is 7.98. The molecule has 110 valence electrons. The van der Waals surface area contributed by atoms with Crippen LogP contribution in [0.25, 0.3) is 0 Å². The molecule has 21 heavy (non-hydrogen) atoms. The van der Waals surface area contributed by atoms with Gasteiger partial charge in [-0.05, 0) is 42.7 Å². The number of amides is 1. The number of fused-ring (bicyclic) bond motifs is 6. The van der Waals surface area contributed by atoms with Crippen molar-refractivity contribution >= 4 is 11.8 Å². The van der Waals surface area contributed by atoms with E-state index in [2.05, 4.69) is 24.8 Å². The highest BCUT2D eigenvalue weighted by Gasteiger charge is 2.60. The lowest BCUT2D eigenvalue weighted by molar-refractivity contribution is 0.111. The normalized spacial score (nSPS) is 31.9. The van der Waals surface area contributed by atoms with Crippen LogP contribution in [0.5, 0.6) is 0 Å². The summed E-state index contributed by atoms with van der Waals surface area (Å²) in [4.78, 5) is 14.5. The van der Waals surface area contributed by atoms with Crippen LogP contribution in [-0.4, -0.2) is 18.7 Å². The zero-order chi connectivity index (χ0) is 14.4. The lowest BCUT2D eigenvalue weighted by atomic mass is 9.61. The summed E-state index contributed by atoms with van der Waals surface area (Å²) in [6.07, 6.45) is 6.20. The Labute approximate surface area is 125 Å². The van der Waals surface area contributed by atoms with Gasteiger partial charge in [-0.15, -0.1) is 6.58 Å². The van der Waals surface area contributed by atoms with E-state index in [9.17, 15) is 4.79 Å². The van der Waals surface area contributed by atoms with Gasteiger partial charge in [0.25, 0.3) is 0 Å². The summed E-state index contributed by atoms with van der Waals surface area (Å²) in [6, 6.07) is 8.70. The molecule has 1 aliphatic heterocycles. The summed E-state index contributed by atoms with van der Waals surface area (Å²) in [5.74, 6) is 2.00. The monoisotopic (exact) mass is 283 g/mol. The number of hydrogen-bond donors (Lipinski definition) is 0. The number of carbonyl (C=O) groups excluding carboxylic acids is 1. The minimum absolute atomic E-state index is 0.179. The predicted molar refractivity (Wildman–Crippen MR) is 82.4 cm³/mol. The van der Waals surface area contributed by atoms with Gasteiger partial charge in [-0.3, -0.25) is 4.90 Å². The van der Waals surface area contributed by atoms with Gasteiger partial charge in [0.1, 0.15) is 0 Å². The van der Waals surface area contributed by atoms with Crippen LogP contribution in [0.4, 0.5) is 10.5 Å². The van der Waals surface area contributed by atoms with E-state index in [-0.39, 0.29) is 6.09 Å². The number of para-hydroxylation sites is 1. The maximum Gasteiger partial charge on any atom is 0.414 e. The highest BCUT2D eigenvalue weighted by Crippen LogP contribution is 2.63. The SMILES string of the molecule is C=CCCOC(=O)N1c2ccccc2[C@@H]2[C@H]3CCC[C@H]3[C@@H]21. The number of nitrogens with zero attached hydrogens (tertiary/aromatic N) is 1. The second kappa shape index (κ2) is 4.90. The van der Waals surface area contributed by atoms with Crippen molar-refractivity contribution in [3.8, 4) is 0 Å². The molecule has 3 heteroatoms. The molecule has 4 atom stereocenters. The minimum atomic E-state index is -0.179. The molecule has 2 fully saturated rings. The molecule has 3 nitrogen and oxygen atoms in total. The largest absolute Gasteiger partial charge is 0.449 e. The summed E-state index contributed by atoms with van der Waals surface area (Å²) in [7, 11) is 0. The molecule has 0 saturated heterocycles.